The van der Waals surface area contributed by atoms with E-state index in [9.17, 15) is 14.4 Å². The van der Waals surface area contributed by atoms with Crippen LogP contribution in [-0.4, -0.2) is 29.8 Å². The van der Waals surface area contributed by atoms with Crippen molar-refractivity contribution in [2.75, 3.05) is 7.05 Å². The zero-order valence-electron chi connectivity index (χ0n) is 11.3. The third-order valence-electron chi connectivity index (χ3n) is 3.52. The van der Waals surface area contributed by atoms with Gasteiger partial charge in [-0.25, -0.2) is 4.79 Å². The number of imide groups is 2. The maximum Gasteiger partial charge on any atom is 0.330 e. The number of nitrogens with one attached hydrogen (secondary N) is 1. The van der Waals surface area contributed by atoms with E-state index in [1.165, 1.54) is 7.05 Å². The number of hydrogen-bond donors (Lipinski definition) is 1. The van der Waals surface area contributed by atoms with Gasteiger partial charge in [-0.05, 0) is 19.3 Å². The van der Waals surface area contributed by atoms with Crippen LogP contribution in [0.3, 0.4) is 0 Å². The Balaban J connectivity index is 3.27. The Kier molecular flexibility index (Phi) is 4.27. The van der Waals surface area contributed by atoms with E-state index < -0.39 is 23.3 Å². The second kappa shape index (κ2) is 5.33. The molecule has 2 atom stereocenters. The number of urea groups is 1. The van der Waals surface area contributed by atoms with E-state index in [4.69, 9.17) is 0 Å². The number of nitrogens with zero attached hydrogens (tertiary/aromatic N) is 1. The molecule has 0 aromatic rings. The molecule has 1 fully saturated rings. The molecular weight excluding hydrogens is 232 g/mol. The van der Waals surface area contributed by atoms with Crippen molar-refractivity contribution in [2.24, 2.45) is 11.3 Å². The number of allylic oxidation sites excluding steroid dienone is 2. The van der Waals surface area contributed by atoms with Crippen LogP contribution in [0, 0.1) is 11.3 Å². The number of carbonyl (C=O) groups excluding carboxylic acids is 3. The number of hydrogen-bond acceptors (Lipinski definition) is 3. The summed E-state index contributed by atoms with van der Waals surface area (Å²) < 4.78 is 0. The summed E-state index contributed by atoms with van der Waals surface area (Å²) in [5.41, 5.74) is -1.16. The normalized spacial score (nSPS) is 26.7. The summed E-state index contributed by atoms with van der Waals surface area (Å²) in [6.45, 7) is 5.59. The molecular formula is C13H20N2O3. The van der Waals surface area contributed by atoms with Crippen molar-refractivity contribution in [2.45, 2.75) is 33.6 Å². The minimum absolute atomic E-state index is 0.245. The van der Waals surface area contributed by atoms with Gasteiger partial charge in [0.25, 0.3) is 0 Å². The molecule has 0 aromatic heterocycles. The third kappa shape index (κ3) is 2.05. The fraction of sp³-hybridized carbons (Fsp3) is 0.615. The van der Waals surface area contributed by atoms with E-state index in [1.807, 2.05) is 32.9 Å². The summed E-state index contributed by atoms with van der Waals surface area (Å²) in [7, 11) is 1.40. The van der Waals surface area contributed by atoms with Crippen molar-refractivity contribution < 1.29 is 14.4 Å². The van der Waals surface area contributed by atoms with E-state index in [1.54, 1.807) is 0 Å². The summed E-state index contributed by atoms with van der Waals surface area (Å²) in [6, 6.07) is -0.649. The summed E-state index contributed by atoms with van der Waals surface area (Å²) in [4.78, 5) is 37.0. The Morgan fingerprint density at radius 1 is 1.39 bits per heavy atom. The molecule has 2 unspecified atom stereocenters. The topological polar surface area (TPSA) is 66.5 Å². The van der Waals surface area contributed by atoms with E-state index in [0.29, 0.717) is 12.8 Å². The Bertz CT molecular complexity index is 403. The minimum atomic E-state index is -1.16. The molecule has 0 radical (unpaired) electrons. The molecule has 18 heavy (non-hydrogen) atoms. The molecule has 5 nitrogen and oxygen atoms in total. The predicted molar refractivity (Wildman–Crippen MR) is 67.6 cm³/mol. The van der Waals surface area contributed by atoms with E-state index >= 15 is 0 Å². The van der Waals surface area contributed by atoms with Gasteiger partial charge in [0.1, 0.15) is 5.41 Å². The largest absolute Gasteiger partial charge is 0.330 e. The molecule has 1 saturated heterocycles. The highest BCUT2D eigenvalue weighted by Crippen LogP contribution is 2.38. The highest BCUT2D eigenvalue weighted by Gasteiger charge is 2.54. The lowest BCUT2D eigenvalue weighted by Crippen LogP contribution is -2.64. The van der Waals surface area contributed by atoms with Gasteiger partial charge in [0.2, 0.25) is 11.8 Å². The van der Waals surface area contributed by atoms with Crippen LogP contribution in [0.4, 0.5) is 4.79 Å². The second-order valence-corrected chi connectivity index (χ2v) is 4.66. The van der Waals surface area contributed by atoms with Gasteiger partial charge in [-0.1, -0.05) is 32.4 Å². The Hall–Kier alpha value is -1.65. The first-order valence-corrected chi connectivity index (χ1v) is 6.18. The van der Waals surface area contributed by atoms with Crippen LogP contribution in [0.15, 0.2) is 12.2 Å². The highest BCUT2D eigenvalue weighted by atomic mass is 16.2. The van der Waals surface area contributed by atoms with Gasteiger partial charge in [0, 0.05) is 7.05 Å². The van der Waals surface area contributed by atoms with Gasteiger partial charge in [-0.3, -0.25) is 19.8 Å². The van der Waals surface area contributed by atoms with E-state index in [2.05, 4.69) is 5.32 Å². The standard InChI is InChI=1S/C13H20N2O3/c1-5-7-9(3)13(8-6-2)10(16)14-12(18)15(4)11(13)17/h5,7,9H,6,8H2,1-4H3,(H,14,16,18). The molecule has 0 bridgehead atoms. The van der Waals surface area contributed by atoms with Crippen molar-refractivity contribution in [1.29, 1.82) is 0 Å². The Labute approximate surface area is 107 Å². The quantitative estimate of drug-likeness (QED) is 0.611. The zero-order chi connectivity index (χ0) is 13.9. The molecule has 1 heterocycles. The van der Waals surface area contributed by atoms with Gasteiger partial charge in [-0.2, -0.15) is 0 Å². The zero-order valence-corrected chi connectivity index (χ0v) is 11.3. The third-order valence-corrected chi connectivity index (χ3v) is 3.52. The number of barbiturate groups is 1. The molecule has 100 valence electrons. The minimum Gasteiger partial charge on any atom is -0.277 e. The molecule has 0 spiro atoms. The SMILES string of the molecule is CC=CC(C)C1(CCC)C(=O)NC(=O)N(C)C1=O. The fourth-order valence-electron chi connectivity index (χ4n) is 2.48. The lowest BCUT2D eigenvalue weighted by Gasteiger charge is -2.40. The lowest BCUT2D eigenvalue weighted by molar-refractivity contribution is -0.153. The van der Waals surface area contributed by atoms with Crippen molar-refractivity contribution in [3.8, 4) is 0 Å². The van der Waals surface area contributed by atoms with Crippen LogP contribution in [0.5, 0.6) is 0 Å². The van der Waals surface area contributed by atoms with Gasteiger partial charge < -0.3 is 0 Å². The predicted octanol–water partition coefficient (Wildman–Crippen LogP) is 1.69. The van der Waals surface area contributed by atoms with Gasteiger partial charge in [-0.15, -0.1) is 0 Å². The van der Waals surface area contributed by atoms with Crippen LogP contribution in [0.25, 0.3) is 0 Å². The van der Waals surface area contributed by atoms with Crippen LogP contribution < -0.4 is 5.32 Å². The van der Waals surface area contributed by atoms with Crippen molar-refractivity contribution in [3.63, 3.8) is 0 Å². The van der Waals surface area contributed by atoms with E-state index in [0.717, 1.165) is 4.90 Å². The number of rotatable bonds is 4. The number of carbonyl (C=O) groups is 3. The Morgan fingerprint density at radius 3 is 2.50 bits per heavy atom. The van der Waals surface area contributed by atoms with Crippen LogP contribution >= 0.6 is 0 Å². The van der Waals surface area contributed by atoms with Crippen molar-refractivity contribution >= 4 is 17.8 Å². The van der Waals surface area contributed by atoms with Gasteiger partial charge >= 0.3 is 6.03 Å². The summed E-state index contributed by atoms with van der Waals surface area (Å²) >= 11 is 0. The average molecular weight is 252 g/mol. The smallest absolute Gasteiger partial charge is 0.277 e. The van der Waals surface area contributed by atoms with Crippen LogP contribution in [0.2, 0.25) is 0 Å². The summed E-state index contributed by atoms with van der Waals surface area (Å²) in [6.07, 6.45) is 4.78. The van der Waals surface area contributed by atoms with Crippen molar-refractivity contribution in [1.82, 2.24) is 10.2 Å². The summed E-state index contributed by atoms with van der Waals surface area (Å²) in [5.74, 6) is -1.14. The summed E-state index contributed by atoms with van der Waals surface area (Å²) in [5, 5.41) is 2.27. The molecule has 5 heteroatoms. The lowest BCUT2D eigenvalue weighted by atomic mass is 9.70. The molecule has 1 aliphatic rings. The molecule has 0 saturated carbocycles. The fourth-order valence-corrected chi connectivity index (χ4v) is 2.48. The maximum atomic E-state index is 12.4. The molecule has 4 amide bonds. The van der Waals surface area contributed by atoms with Crippen molar-refractivity contribution in [3.05, 3.63) is 12.2 Å². The highest BCUT2D eigenvalue weighted by molar-refractivity contribution is 6.19. The van der Waals surface area contributed by atoms with E-state index in [-0.39, 0.29) is 5.92 Å². The second-order valence-electron chi connectivity index (χ2n) is 4.66. The molecule has 0 aliphatic carbocycles. The van der Waals surface area contributed by atoms with Crippen LogP contribution in [-0.2, 0) is 9.59 Å². The van der Waals surface area contributed by atoms with Crippen LogP contribution in [0.1, 0.15) is 33.6 Å². The first-order valence-electron chi connectivity index (χ1n) is 6.18. The maximum absolute atomic E-state index is 12.4. The average Bonchev–Trinajstić information content (AvgIpc) is 2.32. The monoisotopic (exact) mass is 252 g/mol. The molecule has 1 N–H and O–H groups in total. The molecule has 1 aliphatic heterocycles. The number of amides is 4. The van der Waals surface area contributed by atoms with Gasteiger partial charge in [0.15, 0.2) is 0 Å². The molecule has 0 aromatic carbocycles. The first-order chi connectivity index (χ1) is 8.41. The Morgan fingerprint density at radius 2 is 2.00 bits per heavy atom. The van der Waals surface area contributed by atoms with Gasteiger partial charge in [0.05, 0.1) is 0 Å². The first kappa shape index (κ1) is 14.4. The molecule has 1 rings (SSSR count).